The summed E-state index contributed by atoms with van der Waals surface area (Å²) in [5, 5.41) is 1.74. The van der Waals surface area contributed by atoms with Gasteiger partial charge in [0, 0.05) is 11.2 Å². The standard InChI is InChI=1S/C19H11Cl2N3O/c20-12-8-9-17(14(21)11-12)25-19-13-5-1-2-6-15(13)23-18(24-19)16-7-3-4-10-22-16/h1-11H. The smallest absolute Gasteiger partial charge is 0.230 e. The van der Waals surface area contributed by atoms with E-state index in [0.29, 0.717) is 33.2 Å². The molecule has 25 heavy (non-hydrogen) atoms. The topological polar surface area (TPSA) is 47.9 Å². The predicted molar refractivity (Wildman–Crippen MR) is 99.3 cm³/mol. The molecular formula is C19H11Cl2N3O. The Hall–Kier alpha value is -2.69. The SMILES string of the molecule is Clc1ccc(Oc2nc(-c3ccccn3)nc3ccccc23)c(Cl)c1. The summed E-state index contributed by atoms with van der Waals surface area (Å²) in [6.07, 6.45) is 1.70. The highest BCUT2D eigenvalue weighted by atomic mass is 35.5. The number of aromatic nitrogens is 3. The number of fused-ring (bicyclic) bond motifs is 1. The van der Waals surface area contributed by atoms with Crippen LogP contribution in [-0.4, -0.2) is 15.0 Å². The van der Waals surface area contributed by atoms with E-state index >= 15 is 0 Å². The Bertz CT molecular complexity index is 1050. The van der Waals surface area contributed by atoms with Gasteiger partial charge in [-0.25, -0.2) is 4.98 Å². The van der Waals surface area contributed by atoms with Crippen LogP contribution in [0.2, 0.25) is 10.0 Å². The van der Waals surface area contributed by atoms with Gasteiger partial charge in [-0.1, -0.05) is 41.4 Å². The highest BCUT2D eigenvalue weighted by molar-refractivity contribution is 6.35. The van der Waals surface area contributed by atoms with Gasteiger partial charge in [0.2, 0.25) is 5.88 Å². The van der Waals surface area contributed by atoms with Crippen LogP contribution in [-0.2, 0) is 0 Å². The first-order valence-electron chi connectivity index (χ1n) is 7.52. The van der Waals surface area contributed by atoms with Crippen LogP contribution < -0.4 is 4.74 Å². The number of para-hydroxylation sites is 1. The summed E-state index contributed by atoms with van der Waals surface area (Å²) in [7, 11) is 0. The Morgan fingerprint density at radius 3 is 2.48 bits per heavy atom. The molecule has 4 rings (SSSR count). The molecule has 0 saturated heterocycles. The normalized spacial score (nSPS) is 10.8. The number of hydrogen-bond acceptors (Lipinski definition) is 4. The van der Waals surface area contributed by atoms with Crippen molar-refractivity contribution in [3.63, 3.8) is 0 Å². The molecule has 0 atom stereocenters. The molecule has 6 heteroatoms. The average Bonchev–Trinajstić information content (AvgIpc) is 2.64. The maximum Gasteiger partial charge on any atom is 0.230 e. The number of ether oxygens (including phenoxy) is 1. The number of benzene rings is 2. The molecule has 2 heterocycles. The lowest BCUT2D eigenvalue weighted by molar-refractivity contribution is 0.469. The lowest BCUT2D eigenvalue weighted by Gasteiger charge is -2.11. The summed E-state index contributed by atoms with van der Waals surface area (Å²) in [6, 6.07) is 18.3. The summed E-state index contributed by atoms with van der Waals surface area (Å²) in [5.41, 5.74) is 1.43. The zero-order chi connectivity index (χ0) is 17.2. The van der Waals surface area contributed by atoms with Crippen molar-refractivity contribution in [1.29, 1.82) is 0 Å². The molecule has 0 unspecified atom stereocenters. The van der Waals surface area contributed by atoms with E-state index in [2.05, 4.69) is 15.0 Å². The molecule has 0 radical (unpaired) electrons. The number of halogens is 2. The van der Waals surface area contributed by atoms with Gasteiger partial charge in [-0.05, 0) is 42.5 Å². The predicted octanol–water partition coefficient (Wildman–Crippen LogP) is 5.79. The molecule has 2 aromatic heterocycles. The molecular weight excluding hydrogens is 357 g/mol. The lowest BCUT2D eigenvalue weighted by Crippen LogP contribution is -1.97. The highest BCUT2D eigenvalue weighted by Crippen LogP contribution is 2.34. The first kappa shape index (κ1) is 15.8. The van der Waals surface area contributed by atoms with E-state index in [-0.39, 0.29) is 0 Å². The molecule has 0 spiro atoms. The first-order chi connectivity index (χ1) is 12.2. The van der Waals surface area contributed by atoms with Crippen LogP contribution in [0.4, 0.5) is 0 Å². The van der Waals surface area contributed by atoms with Gasteiger partial charge < -0.3 is 4.74 Å². The van der Waals surface area contributed by atoms with Crippen LogP contribution in [0.5, 0.6) is 11.6 Å². The van der Waals surface area contributed by atoms with E-state index in [1.165, 1.54) is 0 Å². The molecule has 0 aliphatic carbocycles. The van der Waals surface area contributed by atoms with Crippen LogP contribution in [0.3, 0.4) is 0 Å². The minimum atomic E-state index is 0.412. The minimum Gasteiger partial charge on any atom is -0.437 e. The number of rotatable bonds is 3. The number of hydrogen-bond donors (Lipinski definition) is 0. The summed E-state index contributed by atoms with van der Waals surface area (Å²) in [4.78, 5) is 13.4. The lowest BCUT2D eigenvalue weighted by atomic mass is 10.2. The van der Waals surface area contributed by atoms with Gasteiger partial charge in [-0.2, -0.15) is 4.98 Å². The Morgan fingerprint density at radius 2 is 1.68 bits per heavy atom. The molecule has 0 saturated carbocycles. The van der Waals surface area contributed by atoms with Crippen molar-refractivity contribution < 1.29 is 4.74 Å². The second-order valence-electron chi connectivity index (χ2n) is 5.26. The minimum absolute atomic E-state index is 0.412. The Kier molecular flexibility index (Phi) is 4.22. The van der Waals surface area contributed by atoms with Crippen LogP contribution in [0, 0.1) is 0 Å². The fourth-order valence-corrected chi connectivity index (χ4v) is 2.84. The number of pyridine rings is 1. The summed E-state index contributed by atoms with van der Waals surface area (Å²) < 4.78 is 5.97. The monoisotopic (exact) mass is 367 g/mol. The fourth-order valence-electron chi connectivity index (χ4n) is 2.40. The highest BCUT2D eigenvalue weighted by Gasteiger charge is 2.13. The Morgan fingerprint density at radius 1 is 0.840 bits per heavy atom. The molecule has 0 bridgehead atoms. The van der Waals surface area contributed by atoms with Gasteiger partial charge >= 0.3 is 0 Å². The molecule has 0 fully saturated rings. The van der Waals surface area contributed by atoms with E-state index in [0.717, 1.165) is 10.9 Å². The van der Waals surface area contributed by atoms with Crippen LogP contribution >= 0.6 is 23.2 Å². The van der Waals surface area contributed by atoms with Crippen molar-refractivity contribution >= 4 is 34.1 Å². The van der Waals surface area contributed by atoms with E-state index in [4.69, 9.17) is 27.9 Å². The van der Waals surface area contributed by atoms with Crippen molar-refractivity contribution in [3.8, 4) is 23.1 Å². The molecule has 0 N–H and O–H groups in total. The van der Waals surface area contributed by atoms with Gasteiger partial charge in [-0.3, -0.25) is 4.98 Å². The van der Waals surface area contributed by atoms with E-state index < -0.39 is 0 Å². The second-order valence-corrected chi connectivity index (χ2v) is 6.10. The second kappa shape index (κ2) is 6.67. The quantitative estimate of drug-likeness (QED) is 0.459. The molecule has 122 valence electrons. The first-order valence-corrected chi connectivity index (χ1v) is 8.27. The summed E-state index contributed by atoms with van der Waals surface area (Å²) in [5.74, 6) is 1.37. The van der Waals surface area contributed by atoms with E-state index in [1.807, 2.05) is 42.5 Å². The van der Waals surface area contributed by atoms with Crippen molar-refractivity contribution in [2.75, 3.05) is 0 Å². The Labute approximate surface area is 154 Å². The van der Waals surface area contributed by atoms with Crippen molar-refractivity contribution in [2.45, 2.75) is 0 Å². The largest absolute Gasteiger partial charge is 0.437 e. The van der Waals surface area contributed by atoms with Crippen LogP contribution in [0.15, 0.2) is 66.9 Å². The van der Waals surface area contributed by atoms with Gasteiger partial charge in [-0.15, -0.1) is 0 Å². The third-order valence-electron chi connectivity index (χ3n) is 3.56. The zero-order valence-electron chi connectivity index (χ0n) is 12.9. The van der Waals surface area contributed by atoms with Gasteiger partial charge in [0.25, 0.3) is 0 Å². The maximum absolute atomic E-state index is 6.22. The molecule has 4 nitrogen and oxygen atoms in total. The Balaban J connectivity index is 1.86. The van der Waals surface area contributed by atoms with Gasteiger partial charge in [0.1, 0.15) is 11.4 Å². The maximum atomic E-state index is 6.22. The van der Waals surface area contributed by atoms with Crippen molar-refractivity contribution in [1.82, 2.24) is 15.0 Å². The molecule has 2 aromatic carbocycles. The van der Waals surface area contributed by atoms with Gasteiger partial charge in [0.15, 0.2) is 5.82 Å². The number of nitrogens with zero attached hydrogens (tertiary/aromatic N) is 3. The van der Waals surface area contributed by atoms with E-state index in [9.17, 15) is 0 Å². The molecule has 0 aliphatic heterocycles. The van der Waals surface area contributed by atoms with Crippen LogP contribution in [0.1, 0.15) is 0 Å². The van der Waals surface area contributed by atoms with Gasteiger partial charge in [0.05, 0.1) is 15.9 Å². The zero-order valence-corrected chi connectivity index (χ0v) is 14.4. The third kappa shape index (κ3) is 3.27. The fraction of sp³-hybridized carbons (Fsp3) is 0. The molecule has 0 amide bonds. The average molecular weight is 368 g/mol. The third-order valence-corrected chi connectivity index (χ3v) is 4.09. The molecule has 4 aromatic rings. The van der Waals surface area contributed by atoms with Crippen molar-refractivity contribution in [2.24, 2.45) is 0 Å². The van der Waals surface area contributed by atoms with Crippen LogP contribution in [0.25, 0.3) is 22.4 Å². The summed E-state index contributed by atoms with van der Waals surface area (Å²) in [6.45, 7) is 0. The van der Waals surface area contributed by atoms with E-state index in [1.54, 1.807) is 24.4 Å². The summed E-state index contributed by atoms with van der Waals surface area (Å²) >= 11 is 12.2. The van der Waals surface area contributed by atoms with Crippen molar-refractivity contribution in [3.05, 3.63) is 76.9 Å². The molecule has 0 aliphatic rings.